The molecule has 1 aromatic carbocycles. The van der Waals surface area contributed by atoms with Crippen LogP contribution in [0.25, 0.3) is 11.3 Å². The number of carbonyl (C=O) groups excluding carboxylic acids is 1. The van der Waals surface area contributed by atoms with Crippen molar-refractivity contribution in [3.63, 3.8) is 0 Å². The molecule has 0 aliphatic carbocycles. The van der Waals surface area contributed by atoms with Gasteiger partial charge in [0.15, 0.2) is 0 Å². The van der Waals surface area contributed by atoms with E-state index in [0.717, 1.165) is 41.0 Å². The van der Waals surface area contributed by atoms with Gasteiger partial charge in [0.1, 0.15) is 11.6 Å². The second-order valence-electron chi connectivity index (χ2n) is 6.88. The second kappa shape index (κ2) is 6.98. The van der Waals surface area contributed by atoms with E-state index in [1.165, 1.54) is 12.1 Å². The third-order valence-electron chi connectivity index (χ3n) is 5.31. The molecule has 1 unspecified atom stereocenters. The van der Waals surface area contributed by atoms with Crippen molar-refractivity contribution in [1.82, 2.24) is 20.0 Å². The van der Waals surface area contributed by atoms with E-state index < -0.39 is 0 Å². The van der Waals surface area contributed by atoms with Crippen LogP contribution in [0.15, 0.2) is 36.7 Å². The van der Waals surface area contributed by atoms with Gasteiger partial charge >= 0.3 is 0 Å². The molecule has 2 aromatic heterocycles. The third-order valence-corrected chi connectivity index (χ3v) is 5.31. The number of hydrogen-bond donors (Lipinski definition) is 2. The number of nitrogens with one attached hydrogen (secondary N) is 2. The van der Waals surface area contributed by atoms with Crippen LogP contribution in [0.5, 0.6) is 0 Å². The van der Waals surface area contributed by atoms with Crippen LogP contribution in [-0.2, 0) is 4.79 Å². The van der Waals surface area contributed by atoms with Crippen LogP contribution in [0, 0.1) is 5.82 Å². The Kier molecular flexibility index (Phi) is 4.51. The molecule has 3 aromatic rings. The van der Waals surface area contributed by atoms with Crippen LogP contribution in [0.2, 0.25) is 0 Å². The molecule has 0 saturated carbocycles. The quantitative estimate of drug-likeness (QED) is 0.708. The van der Waals surface area contributed by atoms with Crippen molar-refractivity contribution in [2.45, 2.75) is 45.1 Å². The molecule has 0 spiro atoms. The molecule has 1 amide bonds. The lowest BCUT2D eigenvalue weighted by Gasteiger charge is -2.25. The fraction of sp³-hybridized carbons (Fsp3) is 0.350. The van der Waals surface area contributed by atoms with Crippen molar-refractivity contribution >= 4 is 11.7 Å². The van der Waals surface area contributed by atoms with E-state index in [1.54, 1.807) is 18.3 Å². The van der Waals surface area contributed by atoms with Gasteiger partial charge in [-0.25, -0.2) is 9.07 Å². The summed E-state index contributed by atoms with van der Waals surface area (Å²) in [6, 6.07) is 6.51. The highest BCUT2D eigenvalue weighted by Gasteiger charge is 2.33. The van der Waals surface area contributed by atoms with E-state index in [9.17, 15) is 9.18 Å². The average molecular weight is 367 g/mol. The first-order chi connectivity index (χ1) is 13.1. The van der Waals surface area contributed by atoms with Crippen LogP contribution in [0.1, 0.15) is 56.2 Å². The standard InChI is InChI=1S/C20H22FN5O/c1-3-14(4-2)26-20-17(11-23-26)15(9-18(27)24-20)16-10-22-25-19(16)12-5-7-13(21)8-6-12/h5-8,10-11,14-15H,3-4,9H2,1-2H3,(H,22,25)(H,24,27). The summed E-state index contributed by atoms with van der Waals surface area (Å²) >= 11 is 0. The van der Waals surface area contributed by atoms with E-state index in [1.807, 2.05) is 10.9 Å². The summed E-state index contributed by atoms with van der Waals surface area (Å²) in [5, 5.41) is 14.8. The number of amides is 1. The lowest BCUT2D eigenvalue weighted by Crippen LogP contribution is -2.26. The Morgan fingerprint density at radius 1 is 1.19 bits per heavy atom. The number of anilines is 1. The minimum absolute atomic E-state index is 0.0357. The molecule has 0 fully saturated rings. The van der Waals surface area contributed by atoms with Crippen LogP contribution >= 0.6 is 0 Å². The van der Waals surface area contributed by atoms with Crippen molar-refractivity contribution in [1.29, 1.82) is 0 Å². The predicted octanol–water partition coefficient (Wildman–Crippen LogP) is 4.25. The first-order valence-corrected chi connectivity index (χ1v) is 9.28. The molecule has 1 aliphatic rings. The highest BCUT2D eigenvalue weighted by Crippen LogP contribution is 2.41. The third kappa shape index (κ3) is 3.03. The van der Waals surface area contributed by atoms with E-state index in [-0.39, 0.29) is 23.7 Å². The Balaban J connectivity index is 1.78. The lowest BCUT2D eigenvalue weighted by atomic mass is 9.86. The fourth-order valence-corrected chi connectivity index (χ4v) is 3.83. The van der Waals surface area contributed by atoms with Crippen molar-refractivity contribution in [3.05, 3.63) is 53.6 Å². The van der Waals surface area contributed by atoms with Gasteiger partial charge in [0.2, 0.25) is 5.91 Å². The van der Waals surface area contributed by atoms with Gasteiger partial charge in [0, 0.05) is 29.0 Å². The number of rotatable bonds is 5. The maximum Gasteiger partial charge on any atom is 0.226 e. The molecule has 7 heteroatoms. The van der Waals surface area contributed by atoms with Crippen LogP contribution in [0.4, 0.5) is 10.2 Å². The van der Waals surface area contributed by atoms with E-state index in [2.05, 4.69) is 34.5 Å². The van der Waals surface area contributed by atoms with E-state index in [0.29, 0.717) is 6.42 Å². The Morgan fingerprint density at radius 3 is 2.63 bits per heavy atom. The van der Waals surface area contributed by atoms with Crippen molar-refractivity contribution in [2.24, 2.45) is 0 Å². The number of benzene rings is 1. The fourth-order valence-electron chi connectivity index (χ4n) is 3.83. The summed E-state index contributed by atoms with van der Waals surface area (Å²) in [7, 11) is 0. The maximum atomic E-state index is 13.3. The molecule has 140 valence electrons. The molecule has 1 atom stereocenters. The van der Waals surface area contributed by atoms with Gasteiger partial charge in [0.05, 0.1) is 24.1 Å². The number of aromatic amines is 1. The minimum Gasteiger partial charge on any atom is -0.311 e. The summed E-state index contributed by atoms with van der Waals surface area (Å²) in [4.78, 5) is 12.4. The van der Waals surface area contributed by atoms with Crippen molar-refractivity contribution < 1.29 is 9.18 Å². The molecule has 1 aliphatic heterocycles. The Labute approximate surface area is 156 Å². The first-order valence-electron chi connectivity index (χ1n) is 9.28. The smallest absolute Gasteiger partial charge is 0.226 e. The Bertz CT molecular complexity index is 955. The van der Waals surface area contributed by atoms with Crippen LogP contribution in [0.3, 0.4) is 0 Å². The van der Waals surface area contributed by atoms with Gasteiger partial charge in [-0.3, -0.25) is 9.89 Å². The monoisotopic (exact) mass is 367 g/mol. The number of halogens is 1. The molecule has 27 heavy (non-hydrogen) atoms. The van der Waals surface area contributed by atoms with E-state index in [4.69, 9.17) is 0 Å². The van der Waals surface area contributed by atoms with Gasteiger partial charge in [0.25, 0.3) is 0 Å². The van der Waals surface area contributed by atoms with Crippen molar-refractivity contribution in [2.75, 3.05) is 5.32 Å². The highest BCUT2D eigenvalue weighted by molar-refractivity contribution is 5.94. The predicted molar refractivity (Wildman–Crippen MR) is 101 cm³/mol. The molecular formula is C20H22FN5O. The average Bonchev–Trinajstić information content (AvgIpc) is 3.31. The molecular weight excluding hydrogens is 345 g/mol. The van der Waals surface area contributed by atoms with Gasteiger partial charge in [-0.05, 0) is 37.1 Å². The normalized spacial score (nSPS) is 16.4. The van der Waals surface area contributed by atoms with Crippen molar-refractivity contribution in [3.8, 4) is 11.3 Å². The SMILES string of the molecule is CCC(CC)n1ncc2c1NC(=O)CC2c1cn[nH]c1-c1ccc(F)cc1. The number of aromatic nitrogens is 4. The number of hydrogen-bond acceptors (Lipinski definition) is 3. The molecule has 4 rings (SSSR count). The minimum atomic E-state index is -0.286. The number of nitrogens with zero attached hydrogens (tertiary/aromatic N) is 3. The summed E-state index contributed by atoms with van der Waals surface area (Å²) < 4.78 is 15.2. The largest absolute Gasteiger partial charge is 0.311 e. The zero-order chi connectivity index (χ0) is 19.0. The zero-order valence-corrected chi connectivity index (χ0v) is 15.4. The van der Waals surface area contributed by atoms with Gasteiger partial charge in [-0.15, -0.1) is 0 Å². The number of carbonyl (C=O) groups is 1. The first kappa shape index (κ1) is 17.5. The van der Waals surface area contributed by atoms with Crippen LogP contribution < -0.4 is 5.32 Å². The lowest BCUT2D eigenvalue weighted by molar-refractivity contribution is -0.116. The van der Waals surface area contributed by atoms with Gasteiger partial charge in [-0.2, -0.15) is 10.2 Å². The van der Waals surface area contributed by atoms with E-state index >= 15 is 0 Å². The summed E-state index contributed by atoms with van der Waals surface area (Å²) in [6.45, 7) is 4.24. The molecule has 0 saturated heterocycles. The molecule has 0 radical (unpaired) electrons. The number of fused-ring (bicyclic) bond motifs is 1. The summed E-state index contributed by atoms with van der Waals surface area (Å²) in [5.74, 6) is 0.309. The molecule has 6 nitrogen and oxygen atoms in total. The Hall–Kier alpha value is -2.96. The highest BCUT2D eigenvalue weighted by atomic mass is 19.1. The summed E-state index contributed by atoms with van der Waals surface area (Å²) in [6.07, 6.45) is 5.81. The second-order valence-corrected chi connectivity index (χ2v) is 6.88. The zero-order valence-electron chi connectivity index (χ0n) is 15.4. The molecule has 0 bridgehead atoms. The maximum absolute atomic E-state index is 13.3. The van der Waals surface area contributed by atoms with Gasteiger partial charge in [-0.1, -0.05) is 13.8 Å². The van der Waals surface area contributed by atoms with Crippen LogP contribution in [-0.4, -0.2) is 25.9 Å². The number of H-pyrrole nitrogens is 1. The molecule has 2 N–H and O–H groups in total. The molecule has 3 heterocycles. The Morgan fingerprint density at radius 2 is 1.93 bits per heavy atom. The summed E-state index contributed by atoms with van der Waals surface area (Å²) in [5.41, 5.74) is 3.55. The topological polar surface area (TPSA) is 75.6 Å². The van der Waals surface area contributed by atoms with Gasteiger partial charge < -0.3 is 5.32 Å².